The standard InChI is InChI=1S/C19H18ClNO/c1-13-8-9-16-17(10-13)21(12-15-6-4-3-5-7-15)14(2)19(16)18(22)11-20/h3-10H,11-12H2,1-2H3. The Bertz CT molecular complexity index is 834. The highest BCUT2D eigenvalue weighted by molar-refractivity contribution is 6.32. The molecule has 0 saturated heterocycles. The smallest absolute Gasteiger partial charge is 0.180 e. The van der Waals surface area contributed by atoms with E-state index >= 15 is 0 Å². The van der Waals surface area contributed by atoms with Crippen LogP contribution in [0.25, 0.3) is 10.9 Å². The predicted octanol–water partition coefficient (Wildman–Crippen LogP) is 4.73. The van der Waals surface area contributed by atoms with Crippen LogP contribution in [0.1, 0.15) is 27.2 Å². The van der Waals surface area contributed by atoms with Gasteiger partial charge in [-0.2, -0.15) is 0 Å². The summed E-state index contributed by atoms with van der Waals surface area (Å²) >= 11 is 5.80. The monoisotopic (exact) mass is 311 g/mol. The Labute approximate surface area is 135 Å². The molecule has 22 heavy (non-hydrogen) atoms. The Balaban J connectivity index is 2.22. The molecule has 0 fully saturated rings. The molecule has 3 rings (SSSR count). The SMILES string of the molecule is Cc1ccc2c(C(=O)CCl)c(C)n(Cc3ccccc3)c2c1. The minimum Gasteiger partial charge on any atom is -0.340 e. The van der Waals surface area contributed by atoms with E-state index in [4.69, 9.17) is 11.6 Å². The predicted molar refractivity (Wildman–Crippen MR) is 92.0 cm³/mol. The first-order valence-corrected chi connectivity index (χ1v) is 7.88. The number of aryl methyl sites for hydroxylation is 1. The first-order chi connectivity index (χ1) is 10.6. The maximum atomic E-state index is 12.3. The fourth-order valence-electron chi connectivity index (χ4n) is 2.98. The van der Waals surface area contributed by atoms with Gasteiger partial charge in [-0.3, -0.25) is 4.79 Å². The number of carbonyl (C=O) groups excluding carboxylic acids is 1. The van der Waals surface area contributed by atoms with Crippen molar-refractivity contribution in [1.29, 1.82) is 0 Å². The van der Waals surface area contributed by atoms with Gasteiger partial charge in [-0.1, -0.05) is 42.5 Å². The number of halogens is 1. The fraction of sp³-hybridized carbons (Fsp3) is 0.211. The summed E-state index contributed by atoms with van der Waals surface area (Å²) in [4.78, 5) is 12.3. The lowest BCUT2D eigenvalue weighted by molar-refractivity contribution is 0.102. The third-order valence-corrected chi connectivity index (χ3v) is 4.31. The number of hydrogen-bond acceptors (Lipinski definition) is 1. The maximum Gasteiger partial charge on any atom is 0.180 e. The average Bonchev–Trinajstić information content (AvgIpc) is 2.80. The van der Waals surface area contributed by atoms with Crippen molar-refractivity contribution in [1.82, 2.24) is 4.57 Å². The van der Waals surface area contributed by atoms with Gasteiger partial charge < -0.3 is 4.57 Å². The largest absolute Gasteiger partial charge is 0.340 e. The van der Waals surface area contributed by atoms with Crippen molar-refractivity contribution in [2.24, 2.45) is 0 Å². The number of fused-ring (bicyclic) bond motifs is 1. The van der Waals surface area contributed by atoms with Crippen LogP contribution < -0.4 is 0 Å². The number of aromatic nitrogens is 1. The number of benzene rings is 2. The molecular weight excluding hydrogens is 294 g/mol. The Morgan fingerprint density at radius 3 is 2.50 bits per heavy atom. The van der Waals surface area contributed by atoms with E-state index in [1.54, 1.807) is 0 Å². The van der Waals surface area contributed by atoms with Crippen LogP contribution >= 0.6 is 11.6 Å². The Kier molecular flexibility index (Phi) is 4.04. The zero-order valence-corrected chi connectivity index (χ0v) is 13.5. The second-order valence-electron chi connectivity index (χ2n) is 5.61. The van der Waals surface area contributed by atoms with Gasteiger partial charge in [0.05, 0.1) is 5.88 Å². The van der Waals surface area contributed by atoms with Gasteiger partial charge in [0.2, 0.25) is 0 Å². The molecule has 2 nitrogen and oxygen atoms in total. The van der Waals surface area contributed by atoms with Gasteiger partial charge in [-0.05, 0) is 31.0 Å². The zero-order valence-electron chi connectivity index (χ0n) is 12.8. The molecule has 0 bridgehead atoms. The molecule has 2 aromatic carbocycles. The van der Waals surface area contributed by atoms with Crippen molar-refractivity contribution >= 4 is 28.3 Å². The van der Waals surface area contributed by atoms with E-state index in [2.05, 4.69) is 29.7 Å². The first kappa shape index (κ1) is 14.9. The van der Waals surface area contributed by atoms with Gasteiger partial charge >= 0.3 is 0 Å². The van der Waals surface area contributed by atoms with Gasteiger partial charge in [0.1, 0.15) is 0 Å². The van der Waals surface area contributed by atoms with Crippen molar-refractivity contribution in [2.75, 3.05) is 5.88 Å². The number of rotatable bonds is 4. The quantitative estimate of drug-likeness (QED) is 0.504. The lowest BCUT2D eigenvalue weighted by Gasteiger charge is -2.09. The second-order valence-corrected chi connectivity index (χ2v) is 5.88. The van der Waals surface area contributed by atoms with Gasteiger partial charge in [-0.15, -0.1) is 11.6 Å². The molecule has 0 aliphatic rings. The molecule has 3 aromatic rings. The van der Waals surface area contributed by atoms with Crippen LogP contribution in [0.4, 0.5) is 0 Å². The fourth-order valence-corrected chi connectivity index (χ4v) is 3.11. The van der Waals surface area contributed by atoms with Crippen molar-refractivity contribution in [3.8, 4) is 0 Å². The van der Waals surface area contributed by atoms with Crippen LogP contribution in [0.2, 0.25) is 0 Å². The van der Waals surface area contributed by atoms with E-state index in [1.807, 2.05) is 37.3 Å². The first-order valence-electron chi connectivity index (χ1n) is 7.34. The van der Waals surface area contributed by atoms with Crippen LogP contribution in [-0.2, 0) is 6.54 Å². The summed E-state index contributed by atoms with van der Waals surface area (Å²) in [6.45, 7) is 4.82. The number of alkyl halides is 1. The summed E-state index contributed by atoms with van der Waals surface area (Å²) in [5.74, 6) is -0.000983. The Hall–Kier alpha value is -2.06. The number of ketones is 1. The minimum atomic E-state index is -0.0140. The van der Waals surface area contributed by atoms with Crippen LogP contribution in [0.3, 0.4) is 0 Å². The lowest BCUT2D eigenvalue weighted by Crippen LogP contribution is -2.06. The summed E-state index contributed by atoms with van der Waals surface area (Å²) in [5, 5.41) is 0.990. The molecule has 0 radical (unpaired) electrons. The van der Waals surface area contributed by atoms with E-state index < -0.39 is 0 Å². The molecule has 0 aliphatic heterocycles. The molecule has 0 atom stereocenters. The molecule has 0 saturated carbocycles. The van der Waals surface area contributed by atoms with Gasteiger partial charge in [0, 0.05) is 28.7 Å². The maximum absolute atomic E-state index is 12.3. The molecule has 0 aliphatic carbocycles. The van der Waals surface area contributed by atoms with Crippen molar-refractivity contribution in [2.45, 2.75) is 20.4 Å². The van der Waals surface area contributed by atoms with Gasteiger partial charge in [0.25, 0.3) is 0 Å². The van der Waals surface area contributed by atoms with Crippen molar-refractivity contribution < 1.29 is 4.79 Å². The number of carbonyl (C=O) groups is 1. The molecule has 112 valence electrons. The summed E-state index contributed by atoms with van der Waals surface area (Å²) in [7, 11) is 0. The molecule has 3 heteroatoms. The van der Waals surface area contributed by atoms with E-state index in [9.17, 15) is 4.79 Å². The number of Topliss-reactive ketones (excluding diaryl/α,β-unsaturated/α-hetero) is 1. The van der Waals surface area contributed by atoms with Crippen LogP contribution in [-0.4, -0.2) is 16.2 Å². The number of hydrogen-bond donors (Lipinski definition) is 0. The zero-order chi connectivity index (χ0) is 15.7. The third kappa shape index (κ3) is 2.55. The highest BCUT2D eigenvalue weighted by atomic mass is 35.5. The summed E-state index contributed by atoms with van der Waals surface area (Å²) < 4.78 is 2.21. The van der Waals surface area contributed by atoms with E-state index in [-0.39, 0.29) is 11.7 Å². The normalized spacial score (nSPS) is 11.0. The van der Waals surface area contributed by atoms with Gasteiger partial charge in [0.15, 0.2) is 5.78 Å². The second kappa shape index (κ2) is 5.98. The number of nitrogens with zero attached hydrogens (tertiary/aromatic N) is 1. The highest BCUT2D eigenvalue weighted by Gasteiger charge is 2.19. The third-order valence-electron chi connectivity index (χ3n) is 4.06. The molecular formula is C19H18ClNO. The summed E-state index contributed by atoms with van der Waals surface area (Å²) in [6, 6.07) is 16.5. The molecule has 1 aromatic heterocycles. The topological polar surface area (TPSA) is 22.0 Å². The van der Waals surface area contributed by atoms with E-state index in [0.29, 0.717) is 0 Å². The molecule has 0 amide bonds. The van der Waals surface area contributed by atoms with Gasteiger partial charge in [-0.25, -0.2) is 0 Å². The van der Waals surface area contributed by atoms with Crippen molar-refractivity contribution in [3.63, 3.8) is 0 Å². The summed E-state index contributed by atoms with van der Waals surface area (Å²) in [6.07, 6.45) is 0. The molecule has 1 heterocycles. The highest BCUT2D eigenvalue weighted by Crippen LogP contribution is 2.28. The van der Waals surface area contributed by atoms with Crippen LogP contribution in [0.5, 0.6) is 0 Å². The van der Waals surface area contributed by atoms with Crippen LogP contribution in [0, 0.1) is 13.8 Å². The lowest BCUT2D eigenvalue weighted by atomic mass is 10.1. The van der Waals surface area contributed by atoms with E-state index in [0.717, 1.165) is 28.7 Å². The minimum absolute atomic E-state index is 0.0131. The molecule has 0 unspecified atom stereocenters. The molecule has 0 N–H and O–H groups in total. The van der Waals surface area contributed by atoms with E-state index in [1.165, 1.54) is 11.1 Å². The Morgan fingerprint density at radius 2 is 1.82 bits per heavy atom. The Morgan fingerprint density at radius 1 is 1.09 bits per heavy atom. The molecule has 0 spiro atoms. The summed E-state index contributed by atoms with van der Waals surface area (Å²) in [5.41, 5.74) is 5.23. The van der Waals surface area contributed by atoms with Crippen molar-refractivity contribution in [3.05, 3.63) is 70.9 Å². The van der Waals surface area contributed by atoms with Crippen LogP contribution in [0.15, 0.2) is 48.5 Å². The average molecular weight is 312 g/mol.